The summed E-state index contributed by atoms with van der Waals surface area (Å²) in [5.41, 5.74) is 2.95. The number of ether oxygens (including phenoxy) is 1. The third-order valence-corrected chi connectivity index (χ3v) is 3.63. The largest absolute Gasteiger partial charge is 0.381 e. The first-order valence-corrected chi connectivity index (χ1v) is 6.66. The maximum Gasteiger partial charge on any atom is 0.261 e. The zero-order valence-corrected chi connectivity index (χ0v) is 11.5. The number of hydrogen-bond acceptors (Lipinski definition) is 5. The summed E-state index contributed by atoms with van der Waals surface area (Å²) in [5.74, 6) is 1.58. The Balaban J connectivity index is 1.96. The third kappa shape index (κ3) is 2.06. The van der Waals surface area contributed by atoms with Gasteiger partial charge in [0.05, 0.1) is 17.9 Å². The van der Waals surface area contributed by atoms with Crippen LogP contribution >= 0.6 is 0 Å². The molecule has 1 fully saturated rings. The second kappa shape index (κ2) is 4.77. The average Bonchev–Trinajstić information content (AvgIpc) is 3.08. The molecule has 0 aliphatic carbocycles. The van der Waals surface area contributed by atoms with Crippen molar-refractivity contribution < 1.29 is 9.26 Å². The zero-order valence-electron chi connectivity index (χ0n) is 11.5. The first-order valence-electron chi connectivity index (χ1n) is 6.66. The SMILES string of the molecule is CCn1nc(C)c(-c2nc([C@H]3CCOC3)no2)c1C. The normalized spacial score (nSPS) is 19.2. The molecule has 3 rings (SSSR count). The van der Waals surface area contributed by atoms with Crippen molar-refractivity contribution in [3.05, 3.63) is 17.2 Å². The summed E-state index contributed by atoms with van der Waals surface area (Å²) in [6, 6.07) is 0. The van der Waals surface area contributed by atoms with Gasteiger partial charge in [-0.3, -0.25) is 4.68 Å². The van der Waals surface area contributed by atoms with Gasteiger partial charge in [0, 0.05) is 24.8 Å². The Morgan fingerprint density at radius 2 is 2.21 bits per heavy atom. The van der Waals surface area contributed by atoms with E-state index in [9.17, 15) is 0 Å². The molecule has 6 nitrogen and oxygen atoms in total. The molecule has 0 radical (unpaired) electrons. The van der Waals surface area contributed by atoms with Crippen molar-refractivity contribution in [2.75, 3.05) is 13.2 Å². The minimum Gasteiger partial charge on any atom is -0.381 e. The molecule has 1 aliphatic heterocycles. The molecule has 0 N–H and O–H groups in total. The molecule has 0 aromatic carbocycles. The maximum absolute atomic E-state index is 5.41. The van der Waals surface area contributed by atoms with Crippen LogP contribution in [-0.4, -0.2) is 33.1 Å². The molecule has 0 saturated carbocycles. The van der Waals surface area contributed by atoms with Crippen LogP contribution in [0.4, 0.5) is 0 Å². The van der Waals surface area contributed by atoms with Gasteiger partial charge in [-0.05, 0) is 27.2 Å². The minimum absolute atomic E-state index is 0.263. The van der Waals surface area contributed by atoms with Crippen LogP contribution in [0.25, 0.3) is 11.5 Å². The van der Waals surface area contributed by atoms with Crippen molar-refractivity contribution in [3.63, 3.8) is 0 Å². The maximum atomic E-state index is 5.41. The first kappa shape index (κ1) is 12.3. The van der Waals surface area contributed by atoms with Crippen LogP contribution in [0.3, 0.4) is 0 Å². The zero-order chi connectivity index (χ0) is 13.4. The van der Waals surface area contributed by atoms with Gasteiger partial charge in [-0.15, -0.1) is 0 Å². The molecule has 1 aliphatic rings. The molecule has 0 bridgehead atoms. The molecule has 102 valence electrons. The topological polar surface area (TPSA) is 66.0 Å². The molecular formula is C13H18N4O2. The molecule has 0 spiro atoms. The molecular weight excluding hydrogens is 244 g/mol. The lowest BCUT2D eigenvalue weighted by atomic mass is 10.1. The lowest BCUT2D eigenvalue weighted by molar-refractivity contribution is 0.192. The van der Waals surface area contributed by atoms with E-state index in [1.54, 1.807) is 0 Å². The van der Waals surface area contributed by atoms with Gasteiger partial charge in [0.2, 0.25) is 0 Å². The monoisotopic (exact) mass is 262 g/mol. The highest BCUT2D eigenvalue weighted by Crippen LogP contribution is 2.28. The fourth-order valence-corrected chi connectivity index (χ4v) is 2.55. The highest BCUT2D eigenvalue weighted by atomic mass is 16.5. The summed E-state index contributed by atoms with van der Waals surface area (Å²) in [7, 11) is 0. The second-order valence-electron chi connectivity index (χ2n) is 4.88. The van der Waals surface area contributed by atoms with E-state index in [0.717, 1.165) is 42.3 Å². The summed E-state index contributed by atoms with van der Waals surface area (Å²) >= 11 is 0. The van der Waals surface area contributed by atoms with Gasteiger partial charge in [0.25, 0.3) is 5.89 Å². The summed E-state index contributed by atoms with van der Waals surface area (Å²) in [5, 5.41) is 8.56. The van der Waals surface area contributed by atoms with E-state index in [0.29, 0.717) is 12.5 Å². The molecule has 6 heteroatoms. The Hall–Kier alpha value is -1.69. The highest BCUT2D eigenvalue weighted by Gasteiger charge is 2.25. The Morgan fingerprint density at radius 3 is 2.84 bits per heavy atom. The van der Waals surface area contributed by atoms with Crippen LogP contribution in [-0.2, 0) is 11.3 Å². The van der Waals surface area contributed by atoms with E-state index in [1.165, 1.54) is 0 Å². The predicted molar refractivity (Wildman–Crippen MR) is 68.8 cm³/mol. The Labute approximate surface area is 111 Å². The summed E-state index contributed by atoms with van der Waals surface area (Å²) in [6.07, 6.45) is 0.963. The highest BCUT2D eigenvalue weighted by molar-refractivity contribution is 5.59. The molecule has 0 unspecified atom stereocenters. The summed E-state index contributed by atoms with van der Waals surface area (Å²) in [6.45, 7) is 8.37. The smallest absolute Gasteiger partial charge is 0.261 e. The van der Waals surface area contributed by atoms with Gasteiger partial charge in [0.15, 0.2) is 5.82 Å². The Morgan fingerprint density at radius 1 is 1.37 bits per heavy atom. The number of nitrogens with zero attached hydrogens (tertiary/aromatic N) is 4. The van der Waals surface area contributed by atoms with E-state index in [4.69, 9.17) is 9.26 Å². The fraction of sp³-hybridized carbons (Fsp3) is 0.615. The van der Waals surface area contributed by atoms with E-state index >= 15 is 0 Å². The Bertz CT molecular complexity index is 581. The number of aryl methyl sites for hydroxylation is 2. The number of aromatic nitrogens is 4. The lowest BCUT2D eigenvalue weighted by Gasteiger charge is -1.99. The van der Waals surface area contributed by atoms with Crippen LogP contribution in [0.5, 0.6) is 0 Å². The van der Waals surface area contributed by atoms with Crippen LogP contribution in [0.2, 0.25) is 0 Å². The van der Waals surface area contributed by atoms with Crippen LogP contribution in [0, 0.1) is 13.8 Å². The van der Waals surface area contributed by atoms with Crippen LogP contribution in [0.1, 0.15) is 36.5 Å². The van der Waals surface area contributed by atoms with Crippen molar-refractivity contribution in [1.82, 2.24) is 19.9 Å². The lowest BCUT2D eigenvalue weighted by Crippen LogP contribution is -2.00. The molecule has 1 atom stereocenters. The molecule has 2 aromatic heterocycles. The van der Waals surface area contributed by atoms with Crippen molar-refractivity contribution in [1.29, 1.82) is 0 Å². The van der Waals surface area contributed by atoms with Gasteiger partial charge >= 0.3 is 0 Å². The van der Waals surface area contributed by atoms with Gasteiger partial charge in [-0.2, -0.15) is 10.1 Å². The summed E-state index contributed by atoms with van der Waals surface area (Å²) < 4.78 is 12.7. The van der Waals surface area contributed by atoms with E-state index in [1.807, 2.05) is 18.5 Å². The molecule has 2 aromatic rings. The standard InChI is InChI=1S/C13H18N4O2/c1-4-17-9(3)11(8(2)15-17)13-14-12(16-19-13)10-5-6-18-7-10/h10H,4-7H2,1-3H3/t10-/m0/s1. The minimum atomic E-state index is 0.263. The van der Waals surface area contributed by atoms with Gasteiger partial charge < -0.3 is 9.26 Å². The van der Waals surface area contributed by atoms with E-state index in [2.05, 4.69) is 22.2 Å². The van der Waals surface area contributed by atoms with Crippen molar-refractivity contribution in [2.24, 2.45) is 0 Å². The predicted octanol–water partition coefficient (Wildman–Crippen LogP) is 2.07. The molecule has 1 saturated heterocycles. The van der Waals surface area contributed by atoms with Gasteiger partial charge in [0.1, 0.15) is 0 Å². The van der Waals surface area contributed by atoms with E-state index in [-0.39, 0.29) is 5.92 Å². The average molecular weight is 262 g/mol. The van der Waals surface area contributed by atoms with Crippen molar-refractivity contribution in [3.8, 4) is 11.5 Å². The van der Waals surface area contributed by atoms with Gasteiger partial charge in [-0.25, -0.2) is 0 Å². The Kier molecular flexibility index (Phi) is 3.10. The third-order valence-electron chi connectivity index (χ3n) is 3.63. The van der Waals surface area contributed by atoms with Crippen LogP contribution in [0.15, 0.2) is 4.52 Å². The van der Waals surface area contributed by atoms with Crippen LogP contribution < -0.4 is 0 Å². The van der Waals surface area contributed by atoms with Crippen molar-refractivity contribution in [2.45, 2.75) is 39.7 Å². The van der Waals surface area contributed by atoms with Crippen molar-refractivity contribution >= 4 is 0 Å². The van der Waals surface area contributed by atoms with E-state index < -0.39 is 0 Å². The molecule has 3 heterocycles. The quantitative estimate of drug-likeness (QED) is 0.847. The molecule has 0 amide bonds. The second-order valence-corrected chi connectivity index (χ2v) is 4.88. The molecule has 19 heavy (non-hydrogen) atoms. The van der Waals surface area contributed by atoms with Gasteiger partial charge in [-0.1, -0.05) is 5.16 Å². The number of hydrogen-bond donors (Lipinski definition) is 0. The first-order chi connectivity index (χ1) is 9.20. The summed E-state index contributed by atoms with van der Waals surface area (Å²) in [4.78, 5) is 4.52. The fourth-order valence-electron chi connectivity index (χ4n) is 2.55. The number of rotatable bonds is 3.